The number of hydrogen-bond acceptors (Lipinski definition) is 3. The zero-order chi connectivity index (χ0) is 16.1. The van der Waals surface area contributed by atoms with Gasteiger partial charge in [0.1, 0.15) is 11.6 Å². The molecule has 0 saturated heterocycles. The van der Waals surface area contributed by atoms with Gasteiger partial charge in [0.05, 0.1) is 12.1 Å². The number of nitrogens with one attached hydrogen (secondary N) is 2. The number of aromatic nitrogens is 3. The van der Waals surface area contributed by atoms with E-state index in [-0.39, 0.29) is 5.54 Å². The third-order valence-electron chi connectivity index (χ3n) is 4.21. The molecule has 0 amide bonds. The molecule has 3 rings (SSSR count). The van der Waals surface area contributed by atoms with Crippen molar-refractivity contribution in [3.8, 4) is 0 Å². The lowest BCUT2D eigenvalue weighted by Crippen LogP contribution is -2.40. The first-order valence-corrected chi connectivity index (χ1v) is 7.98. The molecule has 0 atom stereocenters. The lowest BCUT2D eigenvalue weighted by atomic mass is 9.84. The van der Waals surface area contributed by atoms with Crippen LogP contribution in [-0.4, -0.2) is 15.2 Å². The summed E-state index contributed by atoms with van der Waals surface area (Å²) in [7, 11) is 0. The van der Waals surface area contributed by atoms with Crippen LogP contribution in [0.3, 0.4) is 0 Å². The van der Waals surface area contributed by atoms with E-state index in [2.05, 4.69) is 82.9 Å². The zero-order valence-electron chi connectivity index (χ0n) is 13.6. The van der Waals surface area contributed by atoms with E-state index >= 15 is 0 Å². The number of hydrogen-bond donors (Lipinski definition) is 2. The van der Waals surface area contributed by atoms with Crippen LogP contribution in [0.2, 0.25) is 0 Å². The monoisotopic (exact) mass is 306 g/mol. The van der Waals surface area contributed by atoms with Crippen molar-refractivity contribution < 1.29 is 0 Å². The summed E-state index contributed by atoms with van der Waals surface area (Å²) in [5.74, 6) is 1.71. The maximum absolute atomic E-state index is 4.49. The van der Waals surface area contributed by atoms with Crippen molar-refractivity contribution in [3.63, 3.8) is 0 Å². The highest BCUT2D eigenvalue weighted by Crippen LogP contribution is 2.29. The first kappa shape index (κ1) is 15.4. The first-order valence-electron chi connectivity index (χ1n) is 7.98. The van der Waals surface area contributed by atoms with Gasteiger partial charge in [-0.15, -0.1) is 0 Å². The predicted octanol–water partition coefficient (Wildman–Crippen LogP) is 3.42. The Bertz CT molecular complexity index is 695. The summed E-state index contributed by atoms with van der Waals surface area (Å²) in [6, 6.07) is 21.0. The van der Waals surface area contributed by atoms with Gasteiger partial charge < -0.3 is 0 Å². The van der Waals surface area contributed by atoms with Crippen LogP contribution >= 0.6 is 0 Å². The molecule has 0 spiro atoms. The summed E-state index contributed by atoms with van der Waals surface area (Å²) in [6.45, 7) is 4.89. The molecular weight excluding hydrogens is 284 g/mol. The van der Waals surface area contributed by atoms with Crippen LogP contribution in [0.5, 0.6) is 0 Å². The maximum atomic E-state index is 4.49. The fourth-order valence-electron chi connectivity index (χ4n) is 2.75. The molecule has 0 fully saturated rings. The topological polar surface area (TPSA) is 53.6 Å². The Morgan fingerprint density at radius 1 is 0.957 bits per heavy atom. The molecule has 0 aliphatic carbocycles. The quantitative estimate of drug-likeness (QED) is 0.733. The highest BCUT2D eigenvalue weighted by atomic mass is 15.2. The van der Waals surface area contributed by atoms with E-state index in [1.165, 1.54) is 11.1 Å². The number of aromatic amines is 1. The standard InChI is InChI=1S/C19H22N4/c1-3-17-21-18(23-22-17)14-20-19(2,15-10-6-4-7-11-15)16-12-8-5-9-13-16/h4-13,20H,3,14H2,1-2H3,(H,21,22,23). The molecule has 2 aromatic carbocycles. The van der Waals surface area contributed by atoms with Crippen molar-refractivity contribution in [2.24, 2.45) is 0 Å². The Kier molecular flexibility index (Phi) is 4.53. The van der Waals surface area contributed by atoms with Gasteiger partial charge in [0, 0.05) is 6.42 Å². The molecule has 1 heterocycles. The number of benzene rings is 2. The average Bonchev–Trinajstić information content (AvgIpc) is 3.09. The van der Waals surface area contributed by atoms with E-state index in [0.29, 0.717) is 6.54 Å². The lowest BCUT2D eigenvalue weighted by Gasteiger charge is -2.32. The van der Waals surface area contributed by atoms with Crippen LogP contribution < -0.4 is 5.32 Å². The molecule has 1 aromatic heterocycles. The summed E-state index contributed by atoms with van der Waals surface area (Å²) in [6.07, 6.45) is 0.838. The number of rotatable bonds is 6. The lowest BCUT2D eigenvalue weighted by molar-refractivity contribution is 0.429. The normalized spacial score (nSPS) is 11.6. The zero-order valence-corrected chi connectivity index (χ0v) is 13.6. The van der Waals surface area contributed by atoms with E-state index in [0.717, 1.165) is 18.1 Å². The van der Waals surface area contributed by atoms with E-state index in [9.17, 15) is 0 Å². The van der Waals surface area contributed by atoms with Gasteiger partial charge >= 0.3 is 0 Å². The van der Waals surface area contributed by atoms with Crippen LogP contribution in [0, 0.1) is 0 Å². The molecule has 3 aromatic rings. The molecule has 0 saturated carbocycles. The highest BCUT2D eigenvalue weighted by Gasteiger charge is 2.28. The summed E-state index contributed by atoms with van der Waals surface area (Å²) in [4.78, 5) is 4.49. The predicted molar refractivity (Wildman–Crippen MR) is 91.9 cm³/mol. The number of aryl methyl sites for hydroxylation is 1. The second-order valence-electron chi connectivity index (χ2n) is 5.76. The van der Waals surface area contributed by atoms with Gasteiger partial charge in [0.15, 0.2) is 0 Å². The van der Waals surface area contributed by atoms with Gasteiger partial charge in [0.25, 0.3) is 0 Å². The largest absolute Gasteiger partial charge is 0.297 e. The number of nitrogens with zero attached hydrogens (tertiary/aromatic N) is 2. The fourth-order valence-corrected chi connectivity index (χ4v) is 2.75. The molecule has 23 heavy (non-hydrogen) atoms. The Morgan fingerprint density at radius 3 is 2.00 bits per heavy atom. The minimum absolute atomic E-state index is 0.290. The molecule has 0 radical (unpaired) electrons. The molecule has 4 nitrogen and oxygen atoms in total. The van der Waals surface area contributed by atoms with Crippen molar-refractivity contribution >= 4 is 0 Å². The van der Waals surface area contributed by atoms with Crippen molar-refractivity contribution in [3.05, 3.63) is 83.4 Å². The molecule has 2 N–H and O–H groups in total. The van der Waals surface area contributed by atoms with Gasteiger partial charge in [0.2, 0.25) is 0 Å². The smallest absolute Gasteiger partial charge is 0.150 e. The van der Waals surface area contributed by atoms with Crippen molar-refractivity contribution in [2.45, 2.75) is 32.4 Å². The van der Waals surface area contributed by atoms with E-state index in [1.54, 1.807) is 0 Å². The molecule has 0 bridgehead atoms. The van der Waals surface area contributed by atoms with Crippen LogP contribution in [0.4, 0.5) is 0 Å². The molecule has 4 heteroatoms. The molecule has 118 valence electrons. The van der Waals surface area contributed by atoms with Gasteiger partial charge in [-0.25, -0.2) is 4.98 Å². The van der Waals surface area contributed by atoms with Gasteiger partial charge in [-0.05, 0) is 18.1 Å². The Balaban J connectivity index is 1.89. The van der Waals surface area contributed by atoms with Crippen molar-refractivity contribution in [1.29, 1.82) is 0 Å². The fraction of sp³-hybridized carbons (Fsp3) is 0.263. The van der Waals surface area contributed by atoms with Crippen LogP contribution in [0.25, 0.3) is 0 Å². The SMILES string of the molecule is CCc1n[nH]c(CNC(C)(c2ccccc2)c2ccccc2)n1. The summed E-state index contributed by atoms with van der Waals surface area (Å²) >= 11 is 0. The number of H-pyrrole nitrogens is 1. The summed E-state index contributed by atoms with van der Waals surface area (Å²) < 4.78 is 0. The van der Waals surface area contributed by atoms with Crippen molar-refractivity contribution in [1.82, 2.24) is 20.5 Å². The van der Waals surface area contributed by atoms with Gasteiger partial charge in [-0.3, -0.25) is 10.4 Å². The minimum atomic E-state index is -0.290. The average molecular weight is 306 g/mol. The van der Waals surface area contributed by atoms with E-state index in [1.807, 2.05) is 12.1 Å². The second-order valence-corrected chi connectivity index (χ2v) is 5.76. The third-order valence-corrected chi connectivity index (χ3v) is 4.21. The highest BCUT2D eigenvalue weighted by molar-refractivity contribution is 5.37. The Labute approximate surface area is 137 Å². The maximum Gasteiger partial charge on any atom is 0.150 e. The molecule has 0 unspecified atom stereocenters. The molecular formula is C19H22N4. The van der Waals surface area contributed by atoms with Crippen LogP contribution in [-0.2, 0) is 18.5 Å². The van der Waals surface area contributed by atoms with Gasteiger partial charge in [-0.1, -0.05) is 67.6 Å². The Morgan fingerprint density at radius 2 is 1.52 bits per heavy atom. The van der Waals surface area contributed by atoms with Crippen LogP contribution in [0.1, 0.15) is 36.6 Å². The summed E-state index contributed by atoms with van der Waals surface area (Å²) in [5, 5.41) is 10.9. The van der Waals surface area contributed by atoms with E-state index < -0.39 is 0 Å². The molecule has 0 aliphatic heterocycles. The molecule has 0 aliphatic rings. The van der Waals surface area contributed by atoms with E-state index in [4.69, 9.17) is 0 Å². The van der Waals surface area contributed by atoms with Crippen LogP contribution in [0.15, 0.2) is 60.7 Å². The van der Waals surface area contributed by atoms with Gasteiger partial charge in [-0.2, -0.15) is 5.10 Å². The summed E-state index contributed by atoms with van der Waals surface area (Å²) in [5.41, 5.74) is 2.16. The third kappa shape index (κ3) is 3.32. The second kappa shape index (κ2) is 6.75. The Hall–Kier alpha value is -2.46. The first-order chi connectivity index (χ1) is 11.2. The van der Waals surface area contributed by atoms with Crippen molar-refractivity contribution in [2.75, 3.05) is 0 Å². The minimum Gasteiger partial charge on any atom is -0.297 e.